The Kier molecular flexibility index (Phi) is 2.67. The monoisotopic (exact) mass is 299 g/mol. The van der Waals surface area contributed by atoms with Crippen molar-refractivity contribution in [1.29, 1.82) is 0 Å². The molecule has 1 aromatic rings. The maximum absolute atomic E-state index is 5.51. The molecule has 5 heteroatoms. The number of ether oxygens (including phenoxy) is 3. The van der Waals surface area contributed by atoms with E-state index in [9.17, 15) is 0 Å². The van der Waals surface area contributed by atoms with Crippen LogP contribution >= 0.6 is 15.9 Å². The Hall–Kier alpha value is -0.940. The van der Waals surface area contributed by atoms with Gasteiger partial charge in [-0.3, -0.25) is 4.90 Å². The fraction of sp³-hybridized carbons (Fsp3) is 0.500. The second kappa shape index (κ2) is 4.07. The molecule has 0 spiro atoms. The van der Waals surface area contributed by atoms with Gasteiger partial charge in [0.1, 0.15) is 0 Å². The highest BCUT2D eigenvalue weighted by molar-refractivity contribution is 9.09. The van der Waals surface area contributed by atoms with E-state index >= 15 is 0 Å². The molecular weight excluding hydrogens is 286 g/mol. The highest BCUT2D eigenvalue weighted by Crippen LogP contribution is 2.50. The molecule has 0 amide bonds. The fourth-order valence-corrected chi connectivity index (χ4v) is 3.09. The highest BCUT2D eigenvalue weighted by Gasteiger charge is 2.32. The van der Waals surface area contributed by atoms with E-state index in [4.69, 9.17) is 14.2 Å². The molecule has 1 aromatic carbocycles. The van der Waals surface area contributed by atoms with E-state index in [2.05, 4.69) is 33.9 Å². The predicted molar refractivity (Wildman–Crippen MR) is 67.1 cm³/mol. The van der Waals surface area contributed by atoms with Crippen molar-refractivity contribution < 1.29 is 14.2 Å². The molecule has 0 aromatic heterocycles. The summed E-state index contributed by atoms with van der Waals surface area (Å²) in [4.78, 5) is 2.41. The van der Waals surface area contributed by atoms with E-state index < -0.39 is 0 Å². The Bertz CT molecular complexity index is 464. The summed E-state index contributed by atoms with van der Waals surface area (Å²) < 4.78 is 16.4. The maximum atomic E-state index is 5.51. The molecule has 0 saturated carbocycles. The number of fused-ring (bicyclic) bond motifs is 2. The van der Waals surface area contributed by atoms with Gasteiger partial charge in [-0.2, -0.15) is 0 Å². The van der Waals surface area contributed by atoms with Gasteiger partial charge in [0.25, 0.3) is 0 Å². The number of nitrogens with zero attached hydrogens (tertiary/aromatic N) is 1. The minimum Gasteiger partial charge on any atom is -0.492 e. The molecule has 0 bridgehead atoms. The third-order valence-corrected chi connectivity index (χ3v) is 4.46. The Labute approximate surface area is 109 Å². The lowest BCUT2D eigenvalue weighted by Gasteiger charge is -2.32. The van der Waals surface area contributed by atoms with Gasteiger partial charge in [-0.15, -0.1) is 0 Å². The quantitative estimate of drug-likeness (QED) is 0.588. The number of hydrogen-bond acceptors (Lipinski definition) is 4. The van der Waals surface area contributed by atoms with E-state index in [0.717, 1.165) is 35.8 Å². The molecule has 0 radical (unpaired) electrons. The fourth-order valence-electron chi connectivity index (χ4n) is 2.38. The van der Waals surface area contributed by atoms with Crippen molar-refractivity contribution in [2.75, 3.05) is 27.5 Å². The van der Waals surface area contributed by atoms with Crippen molar-refractivity contribution in [2.45, 2.75) is 11.4 Å². The van der Waals surface area contributed by atoms with Crippen LogP contribution in [0.25, 0.3) is 0 Å². The minimum absolute atomic E-state index is 0.163. The molecule has 0 N–H and O–H groups in total. The minimum atomic E-state index is 0.163. The lowest BCUT2D eigenvalue weighted by atomic mass is 9.98. The van der Waals surface area contributed by atoms with Crippen LogP contribution < -0.4 is 14.2 Å². The lowest BCUT2D eigenvalue weighted by Crippen LogP contribution is -2.29. The van der Waals surface area contributed by atoms with Crippen LogP contribution in [-0.2, 0) is 6.42 Å². The third-order valence-electron chi connectivity index (χ3n) is 3.31. The molecule has 0 saturated heterocycles. The first-order chi connectivity index (χ1) is 8.22. The Morgan fingerprint density at radius 2 is 2.29 bits per heavy atom. The largest absolute Gasteiger partial charge is 0.492 e. The standard InChI is InChI=1S/C12H14BrNO3/c1-14-4-3-7-5-8-10(17-6-16-8)11(15-2)9(7)12(14)13/h5,12H,3-4,6H2,1-2H3. The van der Waals surface area contributed by atoms with Crippen molar-refractivity contribution in [1.82, 2.24) is 4.90 Å². The van der Waals surface area contributed by atoms with Crippen LogP contribution in [0.1, 0.15) is 16.1 Å². The number of alkyl halides is 1. The number of rotatable bonds is 1. The zero-order valence-electron chi connectivity index (χ0n) is 9.83. The summed E-state index contributed by atoms with van der Waals surface area (Å²) >= 11 is 3.70. The van der Waals surface area contributed by atoms with Crippen molar-refractivity contribution >= 4 is 15.9 Å². The van der Waals surface area contributed by atoms with E-state index in [-0.39, 0.29) is 11.7 Å². The van der Waals surface area contributed by atoms with E-state index in [1.54, 1.807) is 7.11 Å². The molecule has 2 heterocycles. The van der Waals surface area contributed by atoms with Crippen molar-refractivity contribution in [2.24, 2.45) is 0 Å². The van der Waals surface area contributed by atoms with Crippen LogP contribution in [-0.4, -0.2) is 32.4 Å². The van der Waals surface area contributed by atoms with Crippen LogP contribution in [0.4, 0.5) is 0 Å². The molecular formula is C12H14BrNO3. The van der Waals surface area contributed by atoms with Gasteiger partial charge in [-0.1, -0.05) is 15.9 Å². The van der Waals surface area contributed by atoms with Gasteiger partial charge in [0.2, 0.25) is 12.5 Å². The average Bonchev–Trinajstić information content (AvgIpc) is 2.79. The molecule has 92 valence electrons. The zero-order valence-corrected chi connectivity index (χ0v) is 11.4. The molecule has 2 aliphatic rings. The maximum Gasteiger partial charge on any atom is 0.231 e. The predicted octanol–water partition coefficient (Wildman–Crippen LogP) is 2.31. The van der Waals surface area contributed by atoms with Gasteiger partial charge in [-0.25, -0.2) is 0 Å². The first kappa shape index (κ1) is 11.2. The number of halogens is 1. The van der Waals surface area contributed by atoms with Crippen LogP contribution in [0.2, 0.25) is 0 Å². The Morgan fingerprint density at radius 1 is 1.47 bits per heavy atom. The molecule has 0 aliphatic carbocycles. The molecule has 17 heavy (non-hydrogen) atoms. The van der Waals surface area contributed by atoms with Gasteiger partial charge in [-0.05, 0) is 25.1 Å². The molecule has 1 atom stereocenters. The van der Waals surface area contributed by atoms with Gasteiger partial charge in [0.05, 0.1) is 12.1 Å². The molecule has 3 rings (SSSR count). The number of likely N-dealkylation sites (N-methyl/N-ethyl adjacent to an activating group) is 1. The van der Waals surface area contributed by atoms with Crippen molar-refractivity contribution in [3.05, 3.63) is 17.2 Å². The Balaban J connectivity index is 2.20. The lowest BCUT2D eigenvalue weighted by molar-refractivity contribution is 0.171. The summed E-state index contributed by atoms with van der Waals surface area (Å²) in [5.41, 5.74) is 2.43. The van der Waals surface area contributed by atoms with Gasteiger partial charge in [0, 0.05) is 12.1 Å². The summed E-state index contributed by atoms with van der Waals surface area (Å²) in [6.45, 7) is 1.29. The van der Waals surface area contributed by atoms with Gasteiger partial charge in [0.15, 0.2) is 11.5 Å². The summed E-state index contributed by atoms with van der Waals surface area (Å²) in [7, 11) is 3.76. The SMILES string of the molecule is COc1c2c(cc3c1C(Br)N(C)CC3)OCO2. The first-order valence-electron chi connectivity index (χ1n) is 5.56. The van der Waals surface area contributed by atoms with Crippen LogP contribution in [0, 0.1) is 0 Å². The van der Waals surface area contributed by atoms with Crippen LogP contribution in [0.5, 0.6) is 17.2 Å². The topological polar surface area (TPSA) is 30.9 Å². The number of hydrogen-bond donors (Lipinski definition) is 0. The van der Waals surface area contributed by atoms with Gasteiger partial charge < -0.3 is 14.2 Å². The molecule has 1 unspecified atom stereocenters. The summed E-state index contributed by atoms with van der Waals surface area (Å²) in [6.07, 6.45) is 1.00. The van der Waals surface area contributed by atoms with Crippen LogP contribution in [0.3, 0.4) is 0 Å². The zero-order chi connectivity index (χ0) is 12.0. The smallest absolute Gasteiger partial charge is 0.231 e. The number of benzene rings is 1. The second-order valence-corrected chi connectivity index (χ2v) is 5.15. The second-order valence-electron chi connectivity index (χ2n) is 4.28. The van der Waals surface area contributed by atoms with E-state index in [1.807, 2.05) is 0 Å². The first-order valence-corrected chi connectivity index (χ1v) is 6.47. The number of methoxy groups -OCH3 is 1. The van der Waals surface area contributed by atoms with Crippen molar-refractivity contribution in [3.63, 3.8) is 0 Å². The molecule has 0 fully saturated rings. The Morgan fingerprint density at radius 3 is 3.06 bits per heavy atom. The third kappa shape index (κ3) is 1.60. The molecule has 4 nitrogen and oxygen atoms in total. The van der Waals surface area contributed by atoms with E-state index in [1.165, 1.54) is 5.56 Å². The highest BCUT2D eigenvalue weighted by atomic mass is 79.9. The summed E-state index contributed by atoms with van der Waals surface area (Å²) in [6, 6.07) is 2.07. The van der Waals surface area contributed by atoms with Gasteiger partial charge >= 0.3 is 0 Å². The molecule has 2 aliphatic heterocycles. The normalized spacial score (nSPS) is 22.4. The average molecular weight is 300 g/mol. The van der Waals surface area contributed by atoms with E-state index in [0.29, 0.717) is 0 Å². The summed E-state index contributed by atoms with van der Waals surface area (Å²) in [5, 5.41) is 0. The van der Waals surface area contributed by atoms with Crippen molar-refractivity contribution in [3.8, 4) is 17.2 Å². The summed E-state index contributed by atoms with van der Waals surface area (Å²) in [5.74, 6) is 2.32. The van der Waals surface area contributed by atoms with Crippen LogP contribution in [0.15, 0.2) is 6.07 Å².